The smallest absolute Gasteiger partial charge is 0.160 e. The zero-order valence-electron chi connectivity index (χ0n) is 8.32. The molecule has 1 rings (SSSR count). The van der Waals surface area contributed by atoms with Crippen molar-refractivity contribution in [3.63, 3.8) is 0 Å². The number of aldehydes is 1. The van der Waals surface area contributed by atoms with E-state index in [0.29, 0.717) is 6.10 Å². The number of hydrogen-bond donors (Lipinski definition) is 0. The highest BCUT2D eigenvalue weighted by atomic mass is 16.5. The molecule has 1 fully saturated rings. The van der Waals surface area contributed by atoms with Gasteiger partial charge in [0.05, 0.1) is 17.9 Å². The van der Waals surface area contributed by atoms with Crippen LogP contribution in [0.2, 0.25) is 0 Å². The molecule has 0 spiro atoms. The molecule has 0 saturated heterocycles. The molecule has 0 aromatic rings. The van der Waals surface area contributed by atoms with Gasteiger partial charge < -0.3 is 4.74 Å². The highest BCUT2D eigenvalue weighted by molar-refractivity contribution is 6.13. The summed E-state index contributed by atoms with van der Waals surface area (Å²) in [6.45, 7) is 2.10. The molecule has 0 radical (unpaired) electrons. The molecular weight excluding hydrogens is 166 g/mol. The molecule has 1 aliphatic rings. The minimum Gasteiger partial charge on any atom is -0.381 e. The summed E-state index contributed by atoms with van der Waals surface area (Å²) in [6, 6.07) is 0. The molecule has 0 bridgehead atoms. The van der Waals surface area contributed by atoms with Gasteiger partial charge in [-0.15, -0.1) is 0 Å². The largest absolute Gasteiger partial charge is 0.381 e. The van der Waals surface area contributed by atoms with E-state index >= 15 is 0 Å². The van der Waals surface area contributed by atoms with Crippen molar-refractivity contribution in [2.75, 3.05) is 7.11 Å². The highest BCUT2D eigenvalue weighted by Crippen LogP contribution is 2.32. The van der Waals surface area contributed by atoms with Crippen molar-refractivity contribution >= 4 is 12.5 Å². The van der Waals surface area contributed by atoms with Gasteiger partial charge in [0.25, 0.3) is 0 Å². The Kier molecular flexibility index (Phi) is 3.60. The lowest BCUT2D eigenvalue weighted by Crippen LogP contribution is -2.32. The van der Waals surface area contributed by atoms with Gasteiger partial charge in [-0.3, -0.25) is 9.79 Å². The van der Waals surface area contributed by atoms with E-state index in [1.54, 1.807) is 7.11 Å². The van der Waals surface area contributed by atoms with Crippen LogP contribution in [0.5, 0.6) is 0 Å². The van der Waals surface area contributed by atoms with Gasteiger partial charge >= 0.3 is 0 Å². The van der Waals surface area contributed by atoms with Gasteiger partial charge in [0, 0.05) is 7.11 Å². The quantitative estimate of drug-likeness (QED) is 0.492. The number of hydrogen-bond acceptors (Lipinski definition) is 3. The molecule has 0 aromatic carbocycles. The molecule has 1 aliphatic carbocycles. The Morgan fingerprint density at radius 3 is 2.54 bits per heavy atom. The summed E-state index contributed by atoms with van der Waals surface area (Å²) >= 11 is 0. The van der Waals surface area contributed by atoms with E-state index in [1.165, 1.54) is 6.21 Å². The first-order valence-electron chi connectivity index (χ1n) is 4.72. The number of methoxy groups -OCH3 is 1. The van der Waals surface area contributed by atoms with Crippen molar-refractivity contribution < 1.29 is 9.53 Å². The van der Waals surface area contributed by atoms with Crippen molar-refractivity contribution in [2.45, 2.75) is 44.2 Å². The number of nitrogens with zero attached hydrogens (tertiary/aromatic N) is 1. The molecule has 3 heteroatoms. The zero-order valence-corrected chi connectivity index (χ0v) is 8.32. The van der Waals surface area contributed by atoms with Crippen LogP contribution in [-0.2, 0) is 9.53 Å². The fourth-order valence-corrected chi connectivity index (χ4v) is 1.79. The lowest BCUT2D eigenvalue weighted by molar-refractivity contribution is -0.102. The summed E-state index contributed by atoms with van der Waals surface area (Å²) in [7, 11) is 1.75. The van der Waals surface area contributed by atoms with Crippen LogP contribution in [0.25, 0.3) is 0 Å². The number of carbonyl (C=O) groups is 1. The van der Waals surface area contributed by atoms with E-state index in [1.807, 2.05) is 0 Å². The summed E-state index contributed by atoms with van der Waals surface area (Å²) in [5.41, 5.74) is -0.0318. The van der Waals surface area contributed by atoms with E-state index in [0.717, 1.165) is 32.0 Å². The molecule has 0 atom stereocenters. The standard InChI is InChI=1S/C10H17NO2/c1-10(11-7-8-12)5-3-9(13-2)4-6-10/h7-9H,3-6H2,1-2H3/t9-,10-. The molecule has 0 aromatic heterocycles. The Labute approximate surface area is 79.2 Å². The van der Waals surface area contributed by atoms with E-state index in [2.05, 4.69) is 11.9 Å². The van der Waals surface area contributed by atoms with E-state index < -0.39 is 0 Å². The monoisotopic (exact) mass is 183 g/mol. The lowest BCUT2D eigenvalue weighted by atomic mass is 9.82. The Morgan fingerprint density at radius 2 is 2.08 bits per heavy atom. The summed E-state index contributed by atoms with van der Waals surface area (Å²) in [5.74, 6) is 0. The molecule has 0 heterocycles. The third kappa shape index (κ3) is 2.92. The number of carbonyl (C=O) groups excluding carboxylic acids is 1. The second kappa shape index (κ2) is 4.51. The van der Waals surface area contributed by atoms with Gasteiger partial charge in [-0.2, -0.15) is 0 Å². The molecule has 0 aliphatic heterocycles. The Hall–Kier alpha value is -0.700. The third-order valence-electron chi connectivity index (χ3n) is 2.79. The Morgan fingerprint density at radius 1 is 1.46 bits per heavy atom. The molecule has 74 valence electrons. The maximum absolute atomic E-state index is 10.1. The summed E-state index contributed by atoms with van der Waals surface area (Å²) in [6.07, 6.45) is 6.61. The van der Waals surface area contributed by atoms with Gasteiger partial charge in [-0.05, 0) is 32.6 Å². The topological polar surface area (TPSA) is 38.7 Å². The summed E-state index contributed by atoms with van der Waals surface area (Å²) in [5, 5.41) is 0. The Balaban J connectivity index is 2.46. The molecule has 0 N–H and O–H groups in total. The second-order valence-electron chi connectivity index (χ2n) is 3.85. The third-order valence-corrected chi connectivity index (χ3v) is 2.79. The molecule has 13 heavy (non-hydrogen) atoms. The highest BCUT2D eigenvalue weighted by Gasteiger charge is 2.29. The number of aliphatic imine (C=N–C) groups is 1. The first kappa shape index (κ1) is 10.4. The maximum atomic E-state index is 10.1. The summed E-state index contributed by atoms with van der Waals surface area (Å²) in [4.78, 5) is 14.4. The van der Waals surface area contributed by atoms with Crippen molar-refractivity contribution in [2.24, 2.45) is 4.99 Å². The SMILES string of the molecule is CO[C@H]1CC[C@](C)(N=CC=O)CC1. The van der Waals surface area contributed by atoms with Crippen LogP contribution in [0.1, 0.15) is 32.6 Å². The van der Waals surface area contributed by atoms with Crippen LogP contribution in [0.4, 0.5) is 0 Å². The summed E-state index contributed by atoms with van der Waals surface area (Å²) < 4.78 is 5.27. The molecule has 1 saturated carbocycles. The predicted octanol–water partition coefficient (Wildman–Crippen LogP) is 1.60. The number of ether oxygens (including phenoxy) is 1. The van der Waals surface area contributed by atoms with E-state index in [9.17, 15) is 4.79 Å². The fourth-order valence-electron chi connectivity index (χ4n) is 1.79. The van der Waals surface area contributed by atoms with Gasteiger partial charge in [-0.1, -0.05) is 0 Å². The maximum Gasteiger partial charge on any atom is 0.160 e. The lowest BCUT2D eigenvalue weighted by Gasteiger charge is -2.33. The van der Waals surface area contributed by atoms with E-state index in [4.69, 9.17) is 4.74 Å². The van der Waals surface area contributed by atoms with Crippen LogP contribution >= 0.6 is 0 Å². The van der Waals surface area contributed by atoms with Crippen molar-refractivity contribution in [1.82, 2.24) is 0 Å². The van der Waals surface area contributed by atoms with Crippen molar-refractivity contribution in [1.29, 1.82) is 0 Å². The minimum atomic E-state index is -0.0318. The van der Waals surface area contributed by atoms with Gasteiger partial charge in [0.15, 0.2) is 6.29 Å². The van der Waals surface area contributed by atoms with Crippen molar-refractivity contribution in [3.8, 4) is 0 Å². The van der Waals surface area contributed by atoms with Crippen LogP contribution in [-0.4, -0.2) is 31.3 Å². The molecule has 0 amide bonds. The minimum absolute atomic E-state index is 0.0318. The normalized spacial score (nSPS) is 35.1. The molecular formula is C10H17NO2. The van der Waals surface area contributed by atoms with Crippen molar-refractivity contribution in [3.05, 3.63) is 0 Å². The average molecular weight is 183 g/mol. The molecule has 0 unspecified atom stereocenters. The van der Waals surface area contributed by atoms with Crippen LogP contribution in [0.3, 0.4) is 0 Å². The molecule has 3 nitrogen and oxygen atoms in total. The van der Waals surface area contributed by atoms with Crippen LogP contribution < -0.4 is 0 Å². The van der Waals surface area contributed by atoms with Crippen LogP contribution in [0.15, 0.2) is 4.99 Å². The van der Waals surface area contributed by atoms with Gasteiger partial charge in [0.2, 0.25) is 0 Å². The van der Waals surface area contributed by atoms with Gasteiger partial charge in [-0.25, -0.2) is 0 Å². The zero-order chi connectivity index (χ0) is 9.73. The first-order chi connectivity index (χ1) is 6.20. The first-order valence-corrected chi connectivity index (χ1v) is 4.72. The fraction of sp³-hybridized carbons (Fsp3) is 0.800. The van der Waals surface area contributed by atoms with Gasteiger partial charge in [0.1, 0.15) is 0 Å². The second-order valence-corrected chi connectivity index (χ2v) is 3.85. The Bertz CT molecular complexity index is 193. The number of rotatable bonds is 3. The predicted molar refractivity (Wildman–Crippen MR) is 52.2 cm³/mol. The van der Waals surface area contributed by atoms with E-state index in [-0.39, 0.29) is 5.54 Å². The van der Waals surface area contributed by atoms with Crippen LogP contribution in [0, 0.1) is 0 Å². The average Bonchev–Trinajstić information content (AvgIpc) is 2.16.